The maximum atomic E-state index is 9.80. The van der Waals surface area contributed by atoms with Crippen molar-refractivity contribution < 1.29 is 5.11 Å². The van der Waals surface area contributed by atoms with Gasteiger partial charge in [-0.2, -0.15) is 0 Å². The van der Waals surface area contributed by atoms with Gasteiger partial charge in [0, 0.05) is 17.6 Å². The number of hydrogen-bond acceptors (Lipinski definition) is 3. The maximum Gasteiger partial charge on any atom is 0.120 e. The van der Waals surface area contributed by atoms with Crippen LogP contribution in [-0.2, 0) is 13.0 Å². The van der Waals surface area contributed by atoms with E-state index >= 15 is 0 Å². The van der Waals surface area contributed by atoms with Crippen molar-refractivity contribution in [3.63, 3.8) is 0 Å². The van der Waals surface area contributed by atoms with Crippen LogP contribution in [0.25, 0.3) is 0 Å². The van der Waals surface area contributed by atoms with Gasteiger partial charge in [-0.15, -0.1) is 0 Å². The molecule has 0 fully saturated rings. The highest BCUT2D eigenvalue weighted by atomic mass is 16.3. The van der Waals surface area contributed by atoms with Crippen molar-refractivity contribution >= 4 is 0 Å². The summed E-state index contributed by atoms with van der Waals surface area (Å²) >= 11 is 0. The fourth-order valence-corrected chi connectivity index (χ4v) is 1.81. The molecule has 0 amide bonds. The van der Waals surface area contributed by atoms with Gasteiger partial charge in [0.15, 0.2) is 0 Å². The monoisotopic (exact) mass is 236 g/mol. The summed E-state index contributed by atoms with van der Waals surface area (Å²) in [5, 5.41) is 13.1. The first-order chi connectivity index (χ1) is 7.84. The number of likely N-dealkylation sites (N-methyl/N-ethyl adjacent to an activating group) is 1. The van der Waals surface area contributed by atoms with E-state index in [1.165, 1.54) is 5.56 Å². The lowest BCUT2D eigenvalue weighted by Crippen LogP contribution is -2.38. The van der Waals surface area contributed by atoms with Crippen LogP contribution in [-0.4, -0.2) is 36.7 Å². The van der Waals surface area contributed by atoms with Crippen molar-refractivity contribution in [2.24, 2.45) is 0 Å². The summed E-state index contributed by atoms with van der Waals surface area (Å²) in [5.74, 6) is 0.379. The molecule has 1 aromatic rings. The minimum Gasteiger partial charge on any atom is -0.508 e. The van der Waals surface area contributed by atoms with Gasteiger partial charge in [0.25, 0.3) is 0 Å². The van der Waals surface area contributed by atoms with E-state index in [-0.39, 0.29) is 5.54 Å². The highest BCUT2D eigenvalue weighted by Gasteiger charge is 2.16. The van der Waals surface area contributed by atoms with Crippen molar-refractivity contribution in [3.05, 3.63) is 29.3 Å². The Morgan fingerprint density at radius 3 is 2.47 bits per heavy atom. The van der Waals surface area contributed by atoms with E-state index in [1.54, 1.807) is 6.07 Å². The second kappa shape index (κ2) is 5.52. The molecule has 0 atom stereocenters. The fraction of sp³-hybridized carbons (Fsp3) is 0.571. The number of hydrogen-bond donors (Lipinski definition) is 2. The average molecular weight is 236 g/mol. The van der Waals surface area contributed by atoms with Crippen LogP contribution >= 0.6 is 0 Å². The molecule has 0 aliphatic rings. The van der Waals surface area contributed by atoms with Crippen LogP contribution in [0.2, 0.25) is 0 Å². The van der Waals surface area contributed by atoms with Crippen LogP contribution in [0.15, 0.2) is 18.2 Å². The molecule has 0 aliphatic carbocycles. The van der Waals surface area contributed by atoms with Gasteiger partial charge in [-0.3, -0.25) is 0 Å². The van der Waals surface area contributed by atoms with Crippen LogP contribution in [0.4, 0.5) is 0 Å². The molecule has 0 spiro atoms. The standard InChI is InChI=1S/C14H24N2O/c1-14(2,15-3)9-11-6-7-13(17)12(8-11)10-16(4)5/h6-8,15,17H,9-10H2,1-5H3. The number of benzene rings is 1. The topological polar surface area (TPSA) is 35.5 Å². The Morgan fingerprint density at radius 1 is 1.29 bits per heavy atom. The predicted molar refractivity (Wildman–Crippen MR) is 72.3 cm³/mol. The van der Waals surface area contributed by atoms with Crippen LogP contribution in [0.3, 0.4) is 0 Å². The predicted octanol–water partition coefficient (Wildman–Crippen LogP) is 1.99. The Kier molecular flexibility index (Phi) is 4.54. The van der Waals surface area contributed by atoms with Crippen LogP contribution in [0.1, 0.15) is 25.0 Å². The van der Waals surface area contributed by atoms with Crippen molar-refractivity contribution in [3.8, 4) is 5.75 Å². The Hall–Kier alpha value is -1.06. The second-order valence-corrected chi connectivity index (χ2v) is 5.51. The Morgan fingerprint density at radius 2 is 1.94 bits per heavy atom. The highest BCUT2D eigenvalue weighted by molar-refractivity contribution is 5.36. The van der Waals surface area contributed by atoms with Crippen molar-refractivity contribution in [2.45, 2.75) is 32.4 Å². The maximum absolute atomic E-state index is 9.80. The zero-order valence-corrected chi connectivity index (χ0v) is 11.5. The Labute approximate surface area is 104 Å². The zero-order chi connectivity index (χ0) is 13.1. The third-order valence-electron chi connectivity index (χ3n) is 2.95. The minimum atomic E-state index is 0.0758. The Bertz CT molecular complexity index is 372. The smallest absolute Gasteiger partial charge is 0.120 e. The first kappa shape index (κ1) is 14.0. The van der Waals surface area contributed by atoms with Crippen molar-refractivity contribution in [1.82, 2.24) is 10.2 Å². The molecule has 3 heteroatoms. The quantitative estimate of drug-likeness (QED) is 0.821. The Balaban J connectivity index is 2.88. The largest absolute Gasteiger partial charge is 0.508 e. The van der Waals surface area contributed by atoms with Gasteiger partial charge in [-0.25, -0.2) is 0 Å². The van der Waals surface area contributed by atoms with Crippen molar-refractivity contribution in [1.29, 1.82) is 0 Å². The van der Waals surface area contributed by atoms with Gasteiger partial charge in [0.05, 0.1) is 0 Å². The molecule has 96 valence electrons. The third kappa shape index (κ3) is 4.36. The van der Waals surface area contributed by atoms with Crippen LogP contribution < -0.4 is 5.32 Å². The van der Waals surface area contributed by atoms with Gasteiger partial charge < -0.3 is 15.3 Å². The van der Waals surface area contributed by atoms with E-state index in [0.717, 1.165) is 18.5 Å². The van der Waals surface area contributed by atoms with Gasteiger partial charge in [0.2, 0.25) is 0 Å². The summed E-state index contributed by atoms with van der Waals surface area (Å²) in [5.41, 5.74) is 2.31. The lowest BCUT2D eigenvalue weighted by atomic mass is 9.94. The normalized spacial score (nSPS) is 12.1. The van der Waals surface area contributed by atoms with E-state index in [9.17, 15) is 5.11 Å². The number of aromatic hydroxyl groups is 1. The number of phenolic OH excluding ortho intramolecular Hbond substituents is 1. The van der Waals surface area contributed by atoms with E-state index in [4.69, 9.17) is 0 Å². The van der Waals surface area contributed by atoms with Gasteiger partial charge in [0.1, 0.15) is 5.75 Å². The second-order valence-electron chi connectivity index (χ2n) is 5.51. The molecule has 0 aromatic heterocycles. The van der Waals surface area contributed by atoms with E-state index in [1.807, 2.05) is 27.2 Å². The summed E-state index contributed by atoms with van der Waals surface area (Å²) in [6.45, 7) is 5.11. The molecule has 17 heavy (non-hydrogen) atoms. The molecule has 0 saturated heterocycles. The number of nitrogens with zero attached hydrogens (tertiary/aromatic N) is 1. The molecule has 3 nitrogen and oxygen atoms in total. The van der Waals surface area contributed by atoms with E-state index in [0.29, 0.717) is 5.75 Å². The van der Waals surface area contributed by atoms with Crippen molar-refractivity contribution in [2.75, 3.05) is 21.1 Å². The summed E-state index contributed by atoms with van der Waals surface area (Å²) in [7, 11) is 5.98. The first-order valence-corrected chi connectivity index (χ1v) is 5.98. The van der Waals surface area contributed by atoms with Gasteiger partial charge in [-0.05, 0) is 53.0 Å². The molecular weight excluding hydrogens is 212 g/mol. The lowest BCUT2D eigenvalue weighted by molar-refractivity contribution is 0.384. The summed E-state index contributed by atoms with van der Waals surface area (Å²) in [4.78, 5) is 2.06. The number of phenols is 1. The highest BCUT2D eigenvalue weighted by Crippen LogP contribution is 2.22. The average Bonchev–Trinajstić information content (AvgIpc) is 2.22. The molecule has 0 radical (unpaired) electrons. The summed E-state index contributed by atoms with van der Waals surface area (Å²) in [6, 6.07) is 5.88. The molecular formula is C14H24N2O. The first-order valence-electron chi connectivity index (χ1n) is 5.98. The SMILES string of the molecule is CNC(C)(C)Cc1ccc(O)c(CN(C)C)c1. The summed E-state index contributed by atoms with van der Waals surface area (Å²) in [6.07, 6.45) is 0.949. The molecule has 0 bridgehead atoms. The minimum absolute atomic E-state index is 0.0758. The van der Waals surface area contributed by atoms with E-state index in [2.05, 4.69) is 30.1 Å². The van der Waals surface area contributed by atoms with Crippen LogP contribution in [0.5, 0.6) is 5.75 Å². The molecule has 2 N–H and O–H groups in total. The third-order valence-corrected chi connectivity index (χ3v) is 2.95. The number of rotatable bonds is 5. The molecule has 1 rings (SSSR count). The summed E-state index contributed by atoms with van der Waals surface area (Å²) < 4.78 is 0. The fourth-order valence-electron chi connectivity index (χ4n) is 1.81. The molecule has 0 aliphatic heterocycles. The van der Waals surface area contributed by atoms with Crippen LogP contribution in [0, 0.1) is 0 Å². The zero-order valence-electron chi connectivity index (χ0n) is 11.5. The molecule has 0 saturated carbocycles. The molecule has 1 aromatic carbocycles. The number of nitrogens with one attached hydrogen (secondary N) is 1. The van der Waals surface area contributed by atoms with E-state index < -0.39 is 0 Å². The molecule has 0 unspecified atom stereocenters. The van der Waals surface area contributed by atoms with Gasteiger partial charge >= 0.3 is 0 Å². The van der Waals surface area contributed by atoms with Gasteiger partial charge in [-0.1, -0.05) is 12.1 Å². The lowest BCUT2D eigenvalue weighted by Gasteiger charge is -2.24. The molecule has 0 heterocycles.